The molecule has 0 aliphatic carbocycles. The Bertz CT molecular complexity index is 3380. The first-order valence-corrected chi connectivity index (χ1v) is 18.9. The highest BCUT2D eigenvalue weighted by Crippen LogP contribution is 2.55. The van der Waals surface area contributed by atoms with Crippen LogP contribution in [0.25, 0.3) is 120 Å². The molecule has 0 aliphatic rings. The minimum absolute atomic E-state index is 1.24. The third kappa shape index (κ3) is 4.03. The summed E-state index contributed by atoms with van der Waals surface area (Å²) < 4.78 is 0. The maximum Gasteiger partial charge on any atom is -0.000719 e. The molecule has 54 heavy (non-hydrogen) atoms. The van der Waals surface area contributed by atoms with Gasteiger partial charge in [0.1, 0.15) is 0 Å². The molecule has 0 heteroatoms. The molecule has 0 aromatic heterocycles. The minimum Gasteiger partial charge on any atom is -0.0622 e. The second kappa shape index (κ2) is 11.2. The van der Waals surface area contributed by atoms with Crippen molar-refractivity contribution in [1.29, 1.82) is 0 Å². The standard InChI is InChI=1S/C54H32/c1-5-15-33(16-6-1)37-27-28-39-41-24-14-25-42-51(41)46(45(39)31-37)32-47-48(35-19-9-3-10-20-35)53-44-30-29-38(34-17-7-2-8-18-34)40-23-13-26-43(50(40)44)54(53)49(52(42)47)36-21-11-4-12-22-36/h1-32H. The molecule has 0 aliphatic heterocycles. The van der Waals surface area contributed by atoms with Gasteiger partial charge in [-0.15, -0.1) is 0 Å². The zero-order valence-corrected chi connectivity index (χ0v) is 29.5. The summed E-state index contributed by atoms with van der Waals surface area (Å²) >= 11 is 0. The van der Waals surface area contributed by atoms with Crippen molar-refractivity contribution in [2.24, 2.45) is 0 Å². The van der Waals surface area contributed by atoms with Gasteiger partial charge >= 0.3 is 0 Å². The van der Waals surface area contributed by atoms with Crippen LogP contribution >= 0.6 is 0 Å². The van der Waals surface area contributed by atoms with Gasteiger partial charge in [0.05, 0.1) is 0 Å². The maximum absolute atomic E-state index is 2.54. The summed E-state index contributed by atoms with van der Waals surface area (Å²) in [5, 5.41) is 18.5. The Kier molecular flexibility index (Phi) is 6.15. The normalized spacial score (nSPS) is 12.1. The number of hydrogen-bond donors (Lipinski definition) is 0. The van der Waals surface area contributed by atoms with Gasteiger partial charge in [-0.05, 0) is 132 Å². The van der Waals surface area contributed by atoms with E-state index in [1.165, 1.54) is 120 Å². The monoisotopic (exact) mass is 680 g/mol. The van der Waals surface area contributed by atoms with E-state index in [1.54, 1.807) is 0 Å². The van der Waals surface area contributed by atoms with Crippen LogP contribution in [0.3, 0.4) is 0 Å². The van der Waals surface area contributed by atoms with Gasteiger partial charge in [0.25, 0.3) is 0 Å². The third-order valence-corrected chi connectivity index (χ3v) is 11.9. The second-order valence-corrected chi connectivity index (χ2v) is 14.7. The number of fused-ring (bicyclic) bond motifs is 8. The third-order valence-electron chi connectivity index (χ3n) is 11.9. The first kappa shape index (κ1) is 29.5. The molecule has 0 nitrogen and oxygen atoms in total. The van der Waals surface area contributed by atoms with Gasteiger partial charge in [-0.2, -0.15) is 0 Å². The van der Waals surface area contributed by atoms with E-state index >= 15 is 0 Å². The Morgan fingerprint density at radius 1 is 0.185 bits per heavy atom. The summed E-state index contributed by atoms with van der Waals surface area (Å²) in [6.07, 6.45) is 0. The Balaban J connectivity index is 1.35. The van der Waals surface area contributed by atoms with Crippen molar-refractivity contribution < 1.29 is 0 Å². The summed E-state index contributed by atoms with van der Waals surface area (Å²) in [7, 11) is 0. The average molecular weight is 681 g/mol. The van der Waals surface area contributed by atoms with Crippen LogP contribution in [0.1, 0.15) is 0 Å². The first-order chi connectivity index (χ1) is 26.8. The summed E-state index contributed by atoms with van der Waals surface area (Å²) in [6.45, 7) is 0. The first-order valence-electron chi connectivity index (χ1n) is 18.9. The van der Waals surface area contributed by atoms with E-state index in [0.717, 1.165) is 0 Å². The van der Waals surface area contributed by atoms with Crippen LogP contribution in [0.2, 0.25) is 0 Å². The highest BCUT2D eigenvalue weighted by Gasteiger charge is 2.27. The maximum atomic E-state index is 2.54. The molecule has 0 atom stereocenters. The molecule has 0 amide bonds. The van der Waals surface area contributed by atoms with Crippen LogP contribution in [-0.4, -0.2) is 0 Å². The molecule has 0 heterocycles. The quantitative estimate of drug-likeness (QED) is 0.162. The molecule has 0 bridgehead atoms. The fourth-order valence-electron chi connectivity index (χ4n) is 9.74. The van der Waals surface area contributed by atoms with E-state index in [0.29, 0.717) is 0 Å². The minimum atomic E-state index is 1.24. The average Bonchev–Trinajstić information content (AvgIpc) is 3.75. The van der Waals surface area contributed by atoms with Gasteiger partial charge in [0, 0.05) is 0 Å². The molecule has 0 fully saturated rings. The van der Waals surface area contributed by atoms with Crippen molar-refractivity contribution in [3.63, 3.8) is 0 Å². The van der Waals surface area contributed by atoms with E-state index in [2.05, 4.69) is 194 Å². The van der Waals surface area contributed by atoms with Crippen LogP contribution in [0, 0.1) is 0 Å². The lowest BCUT2D eigenvalue weighted by molar-refractivity contribution is 1.66. The van der Waals surface area contributed by atoms with Crippen molar-refractivity contribution in [3.8, 4) is 44.5 Å². The summed E-state index contributed by atoms with van der Waals surface area (Å²) in [4.78, 5) is 0. The number of benzene rings is 10. The zero-order chi connectivity index (χ0) is 35.3. The highest BCUT2D eigenvalue weighted by atomic mass is 14.3. The lowest BCUT2D eigenvalue weighted by Crippen LogP contribution is -1.91. The Morgan fingerprint density at radius 3 is 1.37 bits per heavy atom. The molecule has 0 N–H and O–H groups in total. The van der Waals surface area contributed by atoms with Crippen LogP contribution < -0.4 is 0 Å². The van der Waals surface area contributed by atoms with Gasteiger partial charge in [-0.3, -0.25) is 0 Å². The molecule has 0 saturated heterocycles. The summed E-state index contributed by atoms with van der Waals surface area (Å²) in [5.74, 6) is 0. The largest absolute Gasteiger partial charge is 0.0622 e. The predicted octanol–water partition coefficient (Wildman–Crippen LogP) is 15.3. The van der Waals surface area contributed by atoms with Crippen molar-refractivity contribution in [2.45, 2.75) is 0 Å². The number of hydrogen-bond acceptors (Lipinski definition) is 0. The van der Waals surface area contributed by atoms with Crippen molar-refractivity contribution >= 4 is 75.4 Å². The van der Waals surface area contributed by atoms with E-state index in [4.69, 9.17) is 0 Å². The van der Waals surface area contributed by atoms with E-state index in [-0.39, 0.29) is 0 Å². The van der Waals surface area contributed by atoms with Gasteiger partial charge in [0.2, 0.25) is 0 Å². The predicted molar refractivity (Wildman–Crippen MR) is 233 cm³/mol. The van der Waals surface area contributed by atoms with Gasteiger partial charge in [0.15, 0.2) is 0 Å². The van der Waals surface area contributed by atoms with Gasteiger partial charge in [-0.25, -0.2) is 0 Å². The van der Waals surface area contributed by atoms with Crippen molar-refractivity contribution in [2.75, 3.05) is 0 Å². The molecule has 12 rings (SSSR count). The van der Waals surface area contributed by atoms with Crippen LogP contribution in [-0.2, 0) is 0 Å². The summed E-state index contributed by atoms with van der Waals surface area (Å²) in [5.41, 5.74) is 10.1. The molecule has 0 unspecified atom stereocenters. The van der Waals surface area contributed by atoms with Crippen LogP contribution in [0.5, 0.6) is 0 Å². The second-order valence-electron chi connectivity index (χ2n) is 14.7. The molecular weight excluding hydrogens is 649 g/mol. The molecular formula is C54H32. The Hall–Kier alpha value is -7.02. The van der Waals surface area contributed by atoms with E-state index in [9.17, 15) is 0 Å². The van der Waals surface area contributed by atoms with Crippen molar-refractivity contribution in [1.82, 2.24) is 0 Å². The molecule has 0 radical (unpaired) electrons. The molecule has 248 valence electrons. The molecule has 0 spiro atoms. The fraction of sp³-hybridized carbons (Fsp3) is 0. The molecule has 12 aromatic rings. The number of rotatable bonds is 4. The molecule has 12 aromatic carbocycles. The Morgan fingerprint density at radius 2 is 0.685 bits per heavy atom. The Labute approximate surface area is 312 Å². The van der Waals surface area contributed by atoms with Crippen LogP contribution in [0.4, 0.5) is 0 Å². The van der Waals surface area contributed by atoms with Crippen LogP contribution in [0.15, 0.2) is 194 Å². The topological polar surface area (TPSA) is 0 Å². The van der Waals surface area contributed by atoms with Crippen molar-refractivity contribution in [3.05, 3.63) is 194 Å². The smallest absolute Gasteiger partial charge is 0.000719 e. The lowest BCUT2D eigenvalue weighted by atomic mass is 9.84. The fourth-order valence-corrected chi connectivity index (χ4v) is 9.74. The highest BCUT2D eigenvalue weighted by molar-refractivity contribution is 6.45. The van der Waals surface area contributed by atoms with E-state index in [1.807, 2.05) is 0 Å². The van der Waals surface area contributed by atoms with Gasteiger partial charge < -0.3 is 0 Å². The lowest BCUT2D eigenvalue weighted by Gasteiger charge is -2.19. The SMILES string of the molecule is c1ccc(-c2ccc3c(c2)c2cc4c(-c5ccccc5)c5c6ccc(-c7ccccc7)c7cccc(c5c(-c5ccccc5)c4c4cccc3c24)c76)cc1. The zero-order valence-electron chi connectivity index (χ0n) is 29.5. The van der Waals surface area contributed by atoms with Gasteiger partial charge in [-0.1, -0.05) is 182 Å². The summed E-state index contributed by atoms with van der Waals surface area (Å²) in [6, 6.07) is 72.1. The molecule has 0 saturated carbocycles. The van der Waals surface area contributed by atoms with E-state index < -0.39 is 0 Å².